The molecule has 1 amide bonds. The van der Waals surface area contributed by atoms with Gasteiger partial charge >= 0.3 is 0 Å². The van der Waals surface area contributed by atoms with Crippen LogP contribution in [0.1, 0.15) is 25.0 Å². The number of hydrogen-bond donors (Lipinski definition) is 0. The maximum atomic E-state index is 12.8. The summed E-state index contributed by atoms with van der Waals surface area (Å²) >= 11 is 0. The lowest BCUT2D eigenvalue weighted by Crippen LogP contribution is -2.44. The molecule has 3 heterocycles. The molecule has 0 unspecified atom stereocenters. The smallest absolute Gasteiger partial charge is 0.240 e. The molecular formula is C16H24N4O3. The van der Waals surface area contributed by atoms with Gasteiger partial charge in [-0.2, -0.15) is 5.10 Å². The van der Waals surface area contributed by atoms with Gasteiger partial charge in [0.25, 0.3) is 0 Å². The van der Waals surface area contributed by atoms with Crippen molar-refractivity contribution in [3.8, 4) is 5.88 Å². The van der Waals surface area contributed by atoms with Crippen LogP contribution in [0.2, 0.25) is 0 Å². The lowest BCUT2D eigenvalue weighted by molar-refractivity contribution is -0.135. The molecule has 7 heteroatoms. The number of hydrogen-bond acceptors (Lipinski definition) is 6. The number of methoxy groups -OCH3 is 2. The Labute approximate surface area is 136 Å². The first-order chi connectivity index (χ1) is 11.2. The zero-order chi connectivity index (χ0) is 16.2. The van der Waals surface area contributed by atoms with Gasteiger partial charge in [-0.3, -0.25) is 9.69 Å². The summed E-state index contributed by atoms with van der Waals surface area (Å²) in [6, 6.07) is 3.56. The number of carbonyl (C=O) groups excluding carboxylic acids is 1. The average Bonchev–Trinajstić information content (AvgIpc) is 3.25. The minimum atomic E-state index is -0.123. The third kappa shape index (κ3) is 3.61. The predicted molar refractivity (Wildman–Crippen MR) is 84.0 cm³/mol. The van der Waals surface area contributed by atoms with E-state index in [1.807, 2.05) is 11.0 Å². The van der Waals surface area contributed by atoms with Crippen molar-refractivity contribution < 1.29 is 14.3 Å². The molecule has 2 saturated heterocycles. The molecule has 3 rings (SSSR count). The zero-order valence-corrected chi connectivity index (χ0v) is 13.8. The summed E-state index contributed by atoms with van der Waals surface area (Å²) in [5, 5.41) is 8.17. The van der Waals surface area contributed by atoms with Crippen molar-refractivity contribution in [3.05, 3.63) is 17.8 Å². The largest absolute Gasteiger partial charge is 0.480 e. The number of nitrogens with zero attached hydrogens (tertiary/aromatic N) is 4. The summed E-state index contributed by atoms with van der Waals surface area (Å²) in [6.07, 6.45) is 3.06. The summed E-state index contributed by atoms with van der Waals surface area (Å²) in [7, 11) is 3.27. The van der Waals surface area contributed by atoms with Crippen LogP contribution >= 0.6 is 0 Å². The van der Waals surface area contributed by atoms with E-state index in [2.05, 4.69) is 15.1 Å². The fraction of sp³-hybridized carbons (Fsp3) is 0.688. The van der Waals surface area contributed by atoms with Gasteiger partial charge in [0, 0.05) is 39.4 Å². The van der Waals surface area contributed by atoms with Gasteiger partial charge in [0.15, 0.2) is 0 Å². The molecule has 0 spiro atoms. The summed E-state index contributed by atoms with van der Waals surface area (Å²) < 4.78 is 10.5. The SMILES string of the molecule is COc1ccc(CN2C[C@@H](OC)C[C@H]2C(=O)N2CCCC2)nn1. The van der Waals surface area contributed by atoms with E-state index in [4.69, 9.17) is 9.47 Å². The minimum Gasteiger partial charge on any atom is -0.480 e. The van der Waals surface area contributed by atoms with Crippen molar-refractivity contribution in [2.75, 3.05) is 33.9 Å². The average molecular weight is 320 g/mol. The van der Waals surface area contributed by atoms with Gasteiger partial charge in [-0.25, -0.2) is 0 Å². The second-order valence-corrected chi connectivity index (χ2v) is 6.14. The summed E-state index contributed by atoms with van der Waals surface area (Å²) in [4.78, 5) is 16.9. The fourth-order valence-corrected chi connectivity index (χ4v) is 3.36. The van der Waals surface area contributed by atoms with Crippen molar-refractivity contribution in [1.29, 1.82) is 0 Å². The molecule has 2 aliphatic rings. The van der Waals surface area contributed by atoms with Crippen LogP contribution in [0.4, 0.5) is 0 Å². The molecule has 2 fully saturated rings. The van der Waals surface area contributed by atoms with E-state index in [0.29, 0.717) is 12.4 Å². The van der Waals surface area contributed by atoms with E-state index in [-0.39, 0.29) is 18.1 Å². The predicted octanol–water partition coefficient (Wildman–Crippen LogP) is 0.697. The molecule has 7 nitrogen and oxygen atoms in total. The highest BCUT2D eigenvalue weighted by atomic mass is 16.5. The van der Waals surface area contributed by atoms with Crippen molar-refractivity contribution in [2.24, 2.45) is 0 Å². The van der Waals surface area contributed by atoms with Crippen molar-refractivity contribution in [2.45, 2.75) is 38.0 Å². The van der Waals surface area contributed by atoms with Gasteiger partial charge in [-0.15, -0.1) is 5.10 Å². The fourth-order valence-electron chi connectivity index (χ4n) is 3.36. The summed E-state index contributed by atoms with van der Waals surface area (Å²) in [5.74, 6) is 0.721. The van der Waals surface area contributed by atoms with Crippen molar-refractivity contribution >= 4 is 5.91 Å². The Morgan fingerprint density at radius 1 is 1.26 bits per heavy atom. The van der Waals surface area contributed by atoms with E-state index in [0.717, 1.165) is 44.6 Å². The van der Waals surface area contributed by atoms with Crippen LogP contribution in [0.25, 0.3) is 0 Å². The van der Waals surface area contributed by atoms with E-state index >= 15 is 0 Å². The molecule has 0 aromatic carbocycles. The third-order valence-corrected chi connectivity index (χ3v) is 4.67. The molecule has 2 atom stereocenters. The molecule has 0 N–H and O–H groups in total. The van der Waals surface area contributed by atoms with Crippen LogP contribution < -0.4 is 4.74 Å². The first kappa shape index (κ1) is 16.1. The Morgan fingerprint density at radius 3 is 2.65 bits per heavy atom. The number of carbonyl (C=O) groups is 1. The van der Waals surface area contributed by atoms with E-state index < -0.39 is 0 Å². The molecule has 0 radical (unpaired) electrons. The normalized spacial score (nSPS) is 25.0. The maximum Gasteiger partial charge on any atom is 0.240 e. The molecule has 0 saturated carbocycles. The van der Waals surface area contributed by atoms with Crippen LogP contribution in [0, 0.1) is 0 Å². The second kappa shape index (κ2) is 7.23. The standard InChI is InChI=1S/C16H24N4O3/c1-22-13-9-14(16(21)19-7-3-4-8-19)20(11-13)10-12-5-6-15(23-2)18-17-12/h5-6,13-14H,3-4,7-11H2,1-2H3/t13-,14-/m0/s1. The van der Waals surface area contributed by atoms with Crippen molar-refractivity contribution in [1.82, 2.24) is 20.0 Å². The molecule has 2 aliphatic heterocycles. The number of rotatable bonds is 5. The van der Waals surface area contributed by atoms with Crippen LogP contribution in [0.15, 0.2) is 12.1 Å². The number of amides is 1. The summed E-state index contributed by atoms with van der Waals surface area (Å²) in [5.41, 5.74) is 0.835. The highest BCUT2D eigenvalue weighted by Crippen LogP contribution is 2.25. The highest BCUT2D eigenvalue weighted by Gasteiger charge is 2.39. The van der Waals surface area contributed by atoms with E-state index in [9.17, 15) is 4.79 Å². The Balaban J connectivity index is 1.70. The lowest BCUT2D eigenvalue weighted by atomic mass is 10.1. The summed E-state index contributed by atoms with van der Waals surface area (Å²) in [6.45, 7) is 3.10. The van der Waals surface area contributed by atoms with Gasteiger partial charge < -0.3 is 14.4 Å². The van der Waals surface area contributed by atoms with Gasteiger partial charge in [-0.05, 0) is 25.3 Å². The third-order valence-electron chi connectivity index (χ3n) is 4.67. The van der Waals surface area contributed by atoms with Gasteiger partial charge in [-0.1, -0.05) is 0 Å². The molecule has 23 heavy (non-hydrogen) atoms. The molecule has 0 aliphatic carbocycles. The second-order valence-electron chi connectivity index (χ2n) is 6.14. The van der Waals surface area contributed by atoms with Crippen LogP contribution in [0.3, 0.4) is 0 Å². The molecule has 1 aromatic heterocycles. The first-order valence-electron chi connectivity index (χ1n) is 8.13. The van der Waals surface area contributed by atoms with Crippen LogP contribution in [0.5, 0.6) is 5.88 Å². The first-order valence-corrected chi connectivity index (χ1v) is 8.13. The minimum absolute atomic E-state index is 0.0951. The number of ether oxygens (including phenoxy) is 2. The molecule has 1 aromatic rings. The van der Waals surface area contributed by atoms with Crippen LogP contribution in [-0.2, 0) is 16.1 Å². The Kier molecular flexibility index (Phi) is 5.07. The van der Waals surface area contributed by atoms with Crippen LogP contribution in [-0.4, -0.2) is 71.9 Å². The quantitative estimate of drug-likeness (QED) is 0.795. The maximum absolute atomic E-state index is 12.8. The van der Waals surface area contributed by atoms with Crippen molar-refractivity contribution in [3.63, 3.8) is 0 Å². The number of likely N-dealkylation sites (tertiary alicyclic amines) is 2. The zero-order valence-electron chi connectivity index (χ0n) is 13.8. The molecular weight excluding hydrogens is 296 g/mol. The number of aromatic nitrogens is 2. The Bertz CT molecular complexity index is 531. The van der Waals surface area contributed by atoms with Gasteiger partial charge in [0.1, 0.15) is 0 Å². The Hall–Kier alpha value is -1.73. The molecule has 0 bridgehead atoms. The van der Waals surface area contributed by atoms with Gasteiger partial charge in [0.05, 0.1) is 24.9 Å². The van der Waals surface area contributed by atoms with E-state index in [1.54, 1.807) is 20.3 Å². The lowest BCUT2D eigenvalue weighted by Gasteiger charge is -2.26. The van der Waals surface area contributed by atoms with E-state index in [1.165, 1.54) is 0 Å². The molecule has 126 valence electrons. The Morgan fingerprint density at radius 2 is 2.04 bits per heavy atom. The topological polar surface area (TPSA) is 67.8 Å². The monoisotopic (exact) mass is 320 g/mol. The van der Waals surface area contributed by atoms with Gasteiger partial charge in [0.2, 0.25) is 11.8 Å². The highest BCUT2D eigenvalue weighted by molar-refractivity contribution is 5.82.